The molecule has 1 aliphatic rings. The van der Waals surface area contributed by atoms with Crippen molar-refractivity contribution in [2.24, 2.45) is 5.92 Å². The fourth-order valence-corrected chi connectivity index (χ4v) is 2.34. The van der Waals surface area contributed by atoms with Gasteiger partial charge in [-0.15, -0.1) is 0 Å². The first kappa shape index (κ1) is 13.1. The number of ketones is 1. The third-order valence-corrected chi connectivity index (χ3v) is 3.72. The summed E-state index contributed by atoms with van der Waals surface area (Å²) in [5.74, 6) is -0.643. The van der Waals surface area contributed by atoms with E-state index in [1.165, 1.54) is 0 Å². The van der Waals surface area contributed by atoms with E-state index < -0.39 is 5.92 Å². The van der Waals surface area contributed by atoms with E-state index >= 15 is 0 Å². The second kappa shape index (κ2) is 5.53. The Morgan fingerprint density at radius 2 is 2.17 bits per heavy atom. The molecule has 3 nitrogen and oxygen atoms in total. The zero-order chi connectivity index (χ0) is 13.1. The Kier molecular flexibility index (Phi) is 4.02. The molecular weight excluding hydrogens is 250 g/mol. The van der Waals surface area contributed by atoms with Crippen LogP contribution in [-0.4, -0.2) is 11.7 Å². The summed E-state index contributed by atoms with van der Waals surface area (Å²) >= 11 is 5.99. The average molecular weight is 266 g/mol. The number of anilines is 1. The van der Waals surface area contributed by atoms with Crippen LogP contribution in [0.4, 0.5) is 5.69 Å². The van der Waals surface area contributed by atoms with Gasteiger partial charge in [-0.1, -0.05) is 24.1 Å². The number of hydrogen-bond acceptors (Lipinski definition) is 2. The van der Waals surface area contributed by atoms with Crippen LogP contribution in [0.25, 0.3) is 0 Å². The molecular formula is C14H16ClNO2. The first-order chi connectivity index (χ1) is 8.58. The number of Topliss-reactive ketones (excluding diaryl/α,β-unsaturated/α-hetero) is 1. The van der Waals surface area contributed by atoms with Crippen LogP contribution < -0.4 is 5.32 Å². The molecule has 96 valence electrons. The lowest BCUT2D eigenvalue weighted by Gasteiger charge is -2.19. The van der Waals surface area contributed by atoms with Gasteiger partial charge in [0.05, 0.1) is 5.92 Å². The molecule has 0 aliphatic heterocycles. The maximum absolute atomic E-state index is 12.0. The molecule has 0 aromatic heterocycles. The van der Waals surface area contributed by atoms with Crippen molar-refractivity contribution in [3.63, 3.8) is 0 Å². The summed E-state index contributed by atoms with van der Waals surface area (Å²) in [5.41, 5.74) is 1.61. The van der Waals surface area contributed by atoms with Crippen molar-refractivity contribution < 1.29 is 9.59 Å². The van der Waals surface area contributed by atoms with Gasteiger partial charge in [0.2, 0.25) is 5.91 Å². The maximum atomic E-state index is 12.0. The molecule has 0 saturated heterocycles. The van der Waals surface area contributed by atoms with Crippen LogP contribution in [0.3, 0.4) is 0 Å². The zero-order valence-electron chi connectivity index (χ0n) is 10.3. The molecule has 2 rings (SSSR count). The van der Waals surface area contributed by atoms with Crippen molar-refractivity contribution in [2.45, 2.75) is 32.6 Å². The summed E-state index contributed by atoms with van der Waals surface area (Å²) in [6.45, 7) is 1.90. The maximum Gasteiger partial charge on any atom is 0.234 e. The molecule has 0 radical (unpaired) electrons. The molecule has 1 aromatic rings. The molecule has 1 amide bonds. The van der Waals surface area contributed by atoms with Gasteiger partial charge in [-0.3, -0.25) is 9.59 Å². The Balaban J connectivity index is 2.06. The van der Waals surface area contributed by atoms with E-state index in [4.69, 9.17) is 11.6 Å². The number of carbonyl (C=O) groups excluding carboxylic acids is 2. The van der Waals surface area contributed by atoms with E-state index in [1.54, 1.807) is 12.1 Å². The van der Waals surface area contributed by atoms with Gasteiger partial charge in [-0.05, 0) is 37.5 Å². The molecule has 0 heterocycles. The lowest BCUT2D eigenvalue weighted by Crippen LogP contribution is -2.31. The Hall–Kier alpha value is -1.35. The predicted molar refractivity (Wildman–Crippen MR) is 71.8 cm³/mol. The SMILES string of the molecule is Cc1ccc(NC(=O)C2CCCCC2=O)cc1Cl. The van der Waals surface area contributed by atoms with Crippen molar-refractivity contribution >= 4 is 29.0 Å². The summed E-state index contributed by atoms with van der Waals surface area (Å²) in [4.78, 5) is 23.7. The second-order valence-electron chi connectivity index (χ2n) is 4.72. The highest BCUT2D eigenvalue weighted by atomic mass is 35.5. The minimum absolute atomic E-state index is 0.0527. The molecule has 0 bridgehead atoms. The van der Waals surface area contributed by atoms with Gasteiger partial charge in [-0.2, -0.15) is 0 Å². The molecule has 1 aliphatic carbocycles. The third-order valence-electron chi connectivity index (χ3n) is 3.31. The standard InChI is InChI=1S/C14H16ClNO2/c1-9-6-7-10(8-12(9)15)16-14(18)11-4-2-3-5-13(11)17/h6-8,11H,2-5H2,1H3,(H,16,18). The van der Waals surface area contributed by atoms with Gasteiger partial charge in [0, 0.05) is 17.1 Å². The molecule has 1 atom stereocenters. The largest absolute Gasteiger partial charge is 0.325 e. The Labute approximate surface area is 112 Å². The smallest absolute Gasteiger partial charge is 0.234 e. The number of nitrogens with one attached hydrogen (secondary N) is 1. The second-order valence-corrected chi connectivity index (χ2v) is 5.13. The molecule has 1 unspecified atom stereocenters. The normalized spacial score (nSPS) is 19.7. The zero-order valence-corrected chi connectivity index (χ0v) is 11.1. The van der Waals surface area contributed by atoms with Gasteiger partial charge in [0.25, 0.3) is 0 Å². The monoisotopic (exact) mass is 265 g/mol. The molecule has 1 N–H and O–H groups in total. The molecule has 4 heteroatoms. The summed E-state index contributed by atoms with van der Waals surface area (Å²) in [7, 11) is 0. The Morgan fingerprint density at radius 3 is 2.83 bits per heavy atom. The third kappa shape index (κ3) is 2.91. The van der Waals surface area contributed by atoms with E-state index in [2.05, 4.69) is 5.32 Å². The van der Waals surface area contributed by atoms with Gasteiger partial charge in [-0.25, -0.2) is 0 Å². The number of halogens is 1. The van der Waals surface area contributed by atoms with E-state index in [-0.39, 0.29) is 11.7 Å². The number of aryl methyl sites for hydroxylation is 1. The van der Waals surface area contributed by atoms with Gasteiger partial charge in [0.1, 0.15) is 5.78 Å². The average Bonchev–Trinajstić information content (AvgIpc) is 2.34. The minimum atomic E-state index is -0.487. The van der Waals surface area contributed by atoms with E-state index in [9.17, 15) is 9.59 Å². The van der Waals surface area contributed by atoms with E-state index in [0.717, 1.165) is 18.4 Å². The number of hydrogen-bond donors (Lipinski definition) is 1. The summed E-state index contributed by atoms with van der Waals surface area (Å²) in [6, 6.07) is 5.36. The van der Waals surface area contributed by atoms with Crippen LogP contribution in [0.1, 0.15) is 31.2 Å². The lowest BCUT2D eigenvalue weighted by atomic mass is 9.87. The van der Waals surface area contributed by atoms with Gasteiger partial charge in [0.15, 0.2) is 0 Å². The quantitative estimate of drug-likeness (QED) is 0.834. The fourth-order valence-electron chi connectivity index (χ4n) is 2.16. The highest BCUT2D eigenvalue weighted by Crippen LogP contribution is 2.24. The van der Waals surface area contributed by atoms with Crippen molar-refractivity contribution in [1.82, 2.24) is 0 Å². The first-order valence-electron chi connectivity index (χ1n) is 6.17. The first-order valence-corrected chi connectivity index (χ1v) is 6.55. The molecule has 1 fully saturated rings. The van der Waals surface area contributed by atoms with Crippen LogP contribution in [-0.2, 0) is 9.59 Å². The summed E-state index contributed by atoms with van der Waals surface area (Å²) < 4.78 is 0. The lowest BCUT2D eigenvalue weighted by molar-refractivity contribution is -0.132. The van der Waals surface area contributed by atoms with E-state index in [1.807, 2.05) is 13.0 Å². The van der Waals surface area contributed by atoms with E-state index in [0.29, 0.717) is 23.6 Å². The van der Waals surface area contributed by atoms with Gasteiger partial charge >= 0.3 is 0 Å². The number of carbonyl (C=O) groups is 2. The van der Waals surface area contributed by atoms with Crippen molar-refractivity contribution in [1.29, 1.82) is 0 Å². The predicted octanol–water partition coefficient (Wildman–Crippen LogP) is 3.35. The number of amides is 1. The molecule has 1 saturated carbocycles. The Bertz CT molecular complexity index is 485. The molecule has 1 aromatic carbocycles. The summed E-state index contributed by atoms with van der Waals surface area (Å²) in [5, 5.41) is 3.38. The number of rotatable bonds is 2. The van der Waals surface area contributed by atoms with Crippen molar-refractivity contribution in [3.05, 3.63) is 28.8 Å². The molecule has 18 heavy (non-hydrogen) atoms. The van der Waals surface area contributed by atoms with Crippen LogP contribution >= 0.6 is 11.6 Å². The topological polar surface area (TPSA) is 46.2 Å². The fraction of sp³-hybridized carbons (Fsp3) is 0.429. The minimum Gasteiger partial charge on any atom is -0.325 e. The van der Waals surface area contributed by atoms with Gasteiger partial charge < -0.3 is 5.32 Å². The van der Waals surface area contributed by atoms with Crippen LogP contribution in [0.15, 0.2) is 18.2 Å². The van der Waals surface area contributed by atoms with Crippen LogP contribution in [0.5, 0.6) is 0 Å². The summed E-state index contributed by atoms with van der Waals surface area (Å²) in [6.07, 6.45) is 3.02. The Morgan fingerprint density at radius 1 is 1.39 bits per heavy atom. The van der Waals surface area contributed by atoms with Crippen molar-refractivity contribution in [3.8, 4) is 0 Å². The van der Waals surface area contributed by atoms with Crippen LogP contribution in [0.2, 0.25) is 5.02 Å². The van der Waals surface area contributed by atoms with Crippen molar-refractivity contribution in [2.75, 3.05) is 5.32 Å². The molecule has 0 spiro atoms. The van der Waals surface area contributed by atoms with Crippen LogP contribution in [0, 0.1) is 12.8 Å². The highest BCUT2D eigenvalue weighted by molar-refractivity contribution is 6.31. The number of benzene rings is 1. The highest BCUT2D eigenvalue weighted by Gasteiger charge is 2.28.